The molecule has 40 heavy (non-hydrogen) atoms. The Balaban J connectivity index is 1.37. The number of hydrogen-bond donors (Lipinski definition) is 2. The highest BCUT2D eigenvalue weighted by atomic mass is 16.8. The maximum atomic E-state index is 13.0. The smallest absolute Gasteiger partial charge is 0.435 e. The number of fused-ring (bicyclic) bond motifs is 1. The number of carbonyl (C=O) groups excluding carboxylic acids is 2. The Kier molecular flexibility index (Phi) is 7.92. The van der Waals surface area contributed by atoms with E-state index in [1.54, 1.807) is 19.1 Å². The van der Waals surface area contributed by atoms with Crippen LogP contribution in [0.25, 0.3) is 17.2 Å². The maximum absolute atomic E-state index is 13.0. The van der Waals surface area contributed by atoms with Gasteiger partial charge in [0, 0.05) is 25.0 Å². The van der Waals surface area contributed by atoms with Crippen LogP contribution in [-0.2, 0) is 25.5 Å². The number of aryl methyl sites for hydroxylation is 1. The quantitative estimate of drug-likeness (QED) is 0.219. The molecule has 0 fully saturated rings. The van der Waals surface area contributed by atoms with Crippen LogP contribution >= 0.6 is 0 Å². The molecule has 0 aliphatic carbocycles. The van der Waals surface area contributed by atoms with Gasteiger partial charge in [-0.05, 0) is 67.4 Å². The SMILES string of the molecule is CCOC(=O)OCOC(=O)c1cccc2c1N(Cc1ccc(-n3cc(C)cc3-c3nn[nH]n3)cc1)C(OCC)N2. The highest BCUT2D eigenvalue weighted by Gasteiger charge is 2.33. The molecule has 1 atom stereocenters. The number of anilines is 2. The van der Waals surface area contributed by atoms with Crippen LogP contribution in [0.5, 0.6) is 0 Å². The zero-order chi connectivity index (χ0) is 28.1. The summed E-state index contributed by atoms with van der Waals surface area (Å²) in [5.41, 5.74) is 5.47. The molecule has 0 saturated carbocycles. The number of ether oxygens (including phenoxy) is 4. The molecule has 1 aliphatic rings. The first-order valence-electron chi connectivity index (χ1n) is 12.7. The predicted molar refractivity (Wildman–Crippen MR) is 144 cm³/mol. The van der Waals surface area contributed by atoms with Gasteiger partial charge in [-0.25, -0.2) is 9.59 Å². The lowest BCUT2D eigenvalue weighted by Crippen LogP contribution is -2.38. The van der Waals surface area contributed by atoms with Gasteiger partial charge >= 0.3 is 12.1 Å². The Morgan fingerprint density at radius 1 is 1.02 bits per heavy atom. The number of tetrazole rings is 1. The van der Waals surface area contributed by atoms with E-state index in [9.17, 15) is 9.59 Å². The number of hydrogen-bond acceptors (Lipinski definition) is 11. The lowest BCUT2D eigenvalue weighted by atomic mass is 10.1. The number of esters is 1. The van der Waals surface area contributed by atoms with Crippen molar-refractivity contribution in [2.24, 2.45) is 0 Å². The molecule has 1 aliphatic heterocycles. The highest BCUT2D eigenvalue weighted by molar-refractivity contribution is 6.00. The van der Waals surface area contributed by atoms with Crippen molar-refractivity contribution in [3.63, 3.8) is 0 Å². The second-order valence-corrected chi connectivity index (χ2v) is 8.83. The Hall–Kier alpha value is -4.91. The molecule has 0 amide bonds. The molecule has 1 unspecified atom stereocenters. The number of nitrogens with zero attached hydrogens (tertiary/aromatic N) is 5. The first kappa shape index (κ1) is 26.7. The normalized spacial score (nSPS) is 14.0. The largest absolute Gasteiger partial charge is 0.511 e. The first-order valence-corrected chi connectivity index (χ1v) is 12.7. The number of para-hydroxylation sites is 1. The molecular formula is C27H29N7O6. The van der Waals surface area contributed by atoms with E-state index in [4.69, 9.17) is 18.9 Å². The van der Waals surface area contributed by atoms with E-state index in [2.05, 4.69) is 25.9 Å². The standard InChI is InChI=1S/C27H29N7O6/c1-4-37-26-28-21-8-6-7-20(25(35)39-16-40-27(36)38-5-2)23(21)34(26)15-18-9-11-19(12-10-18)33-14-17(3)13-22(33)24-29-31-32-30-24/h6-14,26,28H,4-5,15-16H2,1-3H3,(H,29,30,31,32). The van der Waals surface area contributed by atoms with Crippen LogP contribution in [0.3, 0.4) is 0 Å². The van der Waals surface area contributed by atoms with E-state index in [1.165, 1.54) is 0 Å². The van der Waals surface area contributed by atoms with Gasteiger partial charge in [0.25, 0.3) is 0 Å². The van der Waals surface area contributed by atoms with Gasteiger partial charge in [0.05, 0.1) is 29.2 Å². The second kappa shape index (κ2) is 11.9. The fourth-order valence-electron chi connectivity index (χ4n) is 4.49. The third-order valence-corrected chi connectivity index (χ3v) is 6.16. The summed E-state index contributed by atoms with van der Waals surface area (Å²) < 4.78 is 22.6. The van der Waals surface area contributed by atoms with Gasteiger partial charge in [-0.2, -0.15) is 5.21 Å². The molecule has 2 N–H and O–H groups in total. The van der Waals surface area contributed by atoms with Crippen molar-refractivity contribution in [3.05, 3.63) is 71.4 Å². The average Bonchev–Trinajstić information content (AvgIpc) is 3.69. The lowest BCUT2D eigenvalue weighted by molar-refractivity contribution is -0.0261. The topological polar surface area (TPSA) is 146 Å². The van der Waals surface area contributed by atoms with E-state index in [-0.39, 0.29) is 6.61 Å². The predicted octanol–water partition coefficient (Wildman–Crippen LogP) is 4.01. The Labute approximate surface area is 230 Å². The minimum Gasteiger partial charge on any atom is -0.435 e. The van der Waals surface area contributed by atoms with Gasteiger partial charge in [-0.1, -0.05) is 18.2 Å². The third-order valence-electron chi connectivity index (χ3n) is 6.16. The van der Waals surface area contributed by atoms with Crippen molar-refractivity contribution in [3.8, 4) is 17.2 Å². The van der Waals surface area contributed by atoms with Crippen LogP contribution in [0.4, 0.5) is 16.2 Å². The molecule has 2 aromatic carbocycles. The van der Waals surface area contributed by atoms with Crippen LogP contribution in [0, 0.1) is 6.92 Å². The molecule has 13 nitrogen and oxygen atoms in total. The van der Waals surface area contributed by atoms with Gasteiger partial charge < -0.3 is 33.7 Å². The molecule has 13 heteroatoms. The summed E-state index contributed by atoms with van der Waals surface area (Å²) in [6.45, 7) is 6.06. The van der Waals surface area contributed by atoms with Crippen LogP contribution in [0.2, 0.25) is 0 Å². The number of benzene rings is 2. The number of aromatic nitrogens is 5. The van der Waals surface area contributed by atoms with Crippen LogP contribution in [-0.4, -0.2) is 63.7 Å². The van der Waals surface area contributed by atoms with E-state index < -0.39 is 25.3 Å². The number of aromatic amines is 1. The van der Waals surface area contributed by atoms with Gasteiger partial charge in [-0.3, -0.25) is 0 Å². The van der Waals surface area contributed by atoms with Crippen LogP contribution in [0.15, 0.2) is 54.7 Å². The van der Waals surface area contributed by atoms with E-state index in [0.717, 1.165) is 28.2 Å². The molecule has 2 aromatic heterocycles. The van der Waals surface area contributed by atoms with Crippen molar-refractivity contribution in [2.45, 2.75) is 33.7 Å². The summed E-state index contributed by atoms with van der Waals surface area (Å²) in [4.78, 5) is 26.4. The third kappa shape index (κ3) is 5.59. The summed E-state index contributed by atoms with van der Waals surface area (Å²) >= 11 is 0. The zero-order valence-electron chi connectivity index (χ0n) is 22.3. The zero-order valence-corrected chi connectivity index (χ0v) is 22.3. The molecule has 4 aromatic rings. The lowest BCUT2D eigenvalue weighted by Gasteiger charge is -2.27. The molecule has 3 heterocycles. The molecule has 0 saturated heterocycles. The fraction of sp³-hybridized carbons (Fsp3) is 0.296. The number of H-pyrrole nitrogens is 1. The molecular weight excluding hydrogens is 518 g/mol. The first-order chi connectivity index (χ1) is 19.5. The number of rotatable bonds is 10. The van der Waals surface area contributed by atoms with Crippen molar-refractivity contribution in [1.82, 2.24) is 25.2 Å². The average molecular weight is 548 g/mol. The molecule has 5 rings (SSSR count). The highest BCUT2D eigenvalue weighted by Crippen LogP contribution is 2.39. The van der Waals surface area contributed by atoms with Crippen molar-refractivity contribution < 1.29 is 28.5 Å². The molecule has 0 radical (unpaired) electrons. The van der Waals surface area contributed by atoms with Crippen molar-refractivity contribution in [1.29, 1.82) is 0 Å². The monoisotopic (exact) mass is 547 g/mol. The van der Waals surface area contributed by atoms with Gasteiger partial charge in [0.2, 0.25) is 19.0 Å². The minimum absolute atomic E-state index is 0.157. The fourth-order valence-corrected chi connectivity index (χ4v) is 4.49. The molecule has 0 spiro atoms. The van der Waals surface area contributed by atoms with Crippen molar-refractivity contribution >= 4 is 23.5 Å². The number of nitrogens with one attached hydrogen (secondary N) is 2. The summed E-state index contributed by atoms with van der Waals surface area (Å²) in [7, 11) is 0. The maximum Gasteiger partial charge on any atom is 0.511 e. The minimum atomic E-state index is -0.906. The van der Waals surface area contributed by atoms with Crippen LogP contribution in [0.1, 0.15) is 35.3 Å². The van der Waals surface area contributed by atoms with Crippen LogP contribution < -0.4 is 10.2 Å². The molecule has 0 bridgehead atoms. The summed E-state index contributed by atoms with van der Waals surface area (Å²) in [5.74, 6) is -0.138. The second-order valence-electron chi connectivity index (χ2n) is 8.83. The van der Waals surface area contributed by atoms with Crippen molar-refractivity contribution in [2.75, 3.05) is 30.2 Å². The number of carbonyl (C=O) groups is 2. The summed E-state index contributed by atoms with van der Waals surface area (Å²) in [6, 6.07) is 15.3. The van der Waals surface area contributed by atoms with Gasteiger partial charge in [0.1, 0.15) is 0 Å². The Morgan fingerprint density at radius 2 is 1.85 bits per heavy atom. The Bertz CT molecular complexity index is 1470. The van der Waals surface area contributed by atoms with Gasteiger partial charge in [0.15, 0.2) is 0 Å². The van der Waals surface area contributed by atoms with E-state index in [0.29, 0.717) is 30.2 Å². The summed E-state index contributed by atoms with van der Waals surface area (Å²) in [6.07, 6.45) is 0.605. The molecule has 208 valence electrons. The Morgan fingerprint density at radius 3 is 2.58 bits per heavy atom. The van der Waals surface area contributed by atoms with Gasteiger partial charge in [-0.15, -0.1) is 10.2 Å². The van der Waals surface area contributed by atoms with E-state index in [1.807, 2.05) is 65.9 Å². The van der Waals surface area contributed by atoms with E-state index >= 15 is 0 Å². The summed E-state index contributed by atoms with van der Waals surface area (Å²) in [5, 5.41) is 17.7.